The Morgan fingerprint density at radius 3 is 2.50 bits per heavy atom. The third-order valence-corrected chi connectivity index (χ3v) is 5.31. The number of nitrogens with two attached hydrogens (primary N) is 2. The molecule has 0 spiro atoms. The highest BCUT2D eigenvalue weighted by Gasteiger charge is 2.34. The number of aliphatic imine (C=N–C) groups is 1. The molecular formula is C22H18F5N9. The monoisotopic (exact) mass is 503 g/mol. The standard InChI is InChI=1S/C22H18F5N9/c1-2-17(16(35-29)8-30-15-5-12(23)3-4-14(15)24)36-9-13(18-19(28)33-10-34-20(18)36)11-6-31-21(32-7-11)22(25,26)27/h3-10,17H,2,29H2,1H3,(H2,28,33,34). The van der Waals surface area contributed by atoms with Crippen molar-refractivity contribution in [2.45, 2.75) is 25.6 Å². The van der Waals surface area contributed by atoms with E-state index in [2.05, 4.69) is 30.0 Å². The summed E-state index contributed by atoms with van der Waals surface area (Å²) >= 11 is 0. The third-order valence-electron chi connectivity index (χ3n) is 5.31. The number of hydrazone groups is 1. The van der Waals surface area contributed by atoms with Gasteiger partial charge in [-0.2, -0.15) is 18.3 Å². The van der Waals surface area contributed by atoms with Crippen molar-refractivity contribution >= 4 is 34.5 Å². The largest absolute Gasteiger partial charge is 0.451 e. The van der Waals surface area contributed by atoms with Gasteiger partial charge in [-0.3, -0.25) is 4.99 Å². The van der Waals surface area contributed by atoms with Crippen LogP contribution in [-0.4, -0.2) is 36.4 Å². The van der Waals surface area contributed by atoms with E-state index in [1.165, 1.54) is 12.5 Å². The first kappa shape index (κ1) is 24.6. The zero-order valence-electron chi connectivity index (χ0n) is 18.6. The molecule has 0 amide bonds. The number of rotatable bonds is 6. The third kappa shape index (κ3) is 4.69. The Bertz CT molecular complexity index is 1460. The summed E-state index contributed by atoms with van der Waals surface area (Å²) in [5, 5.41) is 4.11. The lowest BCUT2D eigenvalue weighted by atomic mass is 10.1. The van der Waals surface area contributed by atoms with Gasteiger partial charge in [-0.15, -0.1) is 0 Å². The van der Waals surface area contributed by atoms with Crippen LogP contribution in [0.25, 0.3) is 22.2 Å². The minimum atomic E-state index is -4.70. The van der Waals surface area contributed by atoms with Gasteiger partial charge in [0.15, 0.2) is 0 Å². The number of fused-ring (bicyclic) bond motifs is 1. The second kappa shape index (κ2) is 9.64. The van der Waals surface area contributed by atoms with E-state index < -0.39 is 29.7 Å². The minimum Gasteiger partial charge on any atom is -0.383 e. The minimum absolute atomic E-state index is 0.0743. The van der Waals surface area contributed by atoms with Crippen LogP contribution in [-0.2, 0) is 6.18 Å². The maximum Gasteiger partial charge on any atom is 0.451 e. The van der Waals surface area contributed by atoms with Crippen molar-refractivity contribution in [2.24, 2.45) is 15.9 Å². The average molecular weight is 503 g/mol. The summed E-state index contributed by atoms with van der Waals surface area (Å²) in [5.74, 6) is 2.97. The van der Waals surface area contributed by atoms with E-state index in [-0.39, 0.29) is 22.8 Å². The highest BCUT2D eigenvalue weighted by atomic mass is 19.4. The van der Waals surface area contributed by atoms with Gasteiger partial charge in [0.05, 0.1) is 17.6 Å². The molecule has 0 aliphatic heterocycles. The molecule has 0 radical (unpaired) electrons. The summed E-state index contributed by atoms with van der Waals surface area (Å²) in [6.07, 6.45) is 1.74. The Morgan fingerprint density at radius 1 is 1.14 bits per heavy atom. The Kier molecular flexibility index (Phi) is 6.59. The summed E-state index contributed by atoms with van der Waals surface area (Å²) in [6, 6.07) is 2.21. The van der Waals surface area contributed by atoms with Crippen LogP contribution in [0.3, 0.4) is 0 Å². The molecule has 4 aromatic rings. The lowest BCUT2D eigenvalue weighted by molar-refractivity contribution is -0.144. The molecule has 0 saturated carbocycles. The number of alkyl halides is 3. The van der Waals surface area contributed by atoms with Gasteiger partial charge in [0, 0.05) is 35.8 Å². The molecule has 1 aromatic carbocycles. The van der Waals surface area contributed by atoms with Gasteiger partial charge in [-0.25, -0.2) is 28.7 Å². The van der Waals surface area contributed by atoms with Gasteiger partial charge < -0.3 is 16.1 Å². The maximum atomic E-state index is 14.0. The van der Waals surface area contributed by atoms with Crippen LogP contribution >= 0.6 is 0 Å². The molecule has 1 unspecified atom stereocenters. The van der Waals surface area contributed by atoms with Crippen LogP contribution in [0.4, 0.5) is 33.5 Å². The second-order valence-corrected chi connectivity index (χ2v) is 7.53. The lowest BCUT2D eigenvalue weighted by Crippen LogP contribution is -2.21. The molecule has 0 bridgehead atoms. The van der Waals surface area contributed by atoms with E-state index in [1.54, 1.807) is 10.8 Å². The fraction of sp³-hybridized carbons (Fsp3) is 0.182. The molecule has 3 heterocycles. The summed E-state index contributed by atoms with van der Waals surface area (Å²) in [6.45, 7) is 1.81. The summed E-state index contributed by atoms with van der Waals surface area (Å²) in [4.78, 5) is 19.1. The highest BCUT2D eigenvalue weighted by molar-refractivity contribution is 6.32. The first-order valence-electron chi connectivity index (χ1n) is 10.4. The van der Waals surface area contributed by atoms with Gasteiger partial charge in [0.25, 0.3) is 0 Å². The van der Waals surface area contributed by atoms with E-state index >= 15 is 0 Å². The Morgan fingerprint density at radius 2 is 1.86 bits per heavy atom. The Balaban J connectivity index is 1.81. The number of nitrogen functional groups attached to an aromatic ring is 1. The predicted molar refractivity (Wildman–Crippen MR) is 123 cm³/mol. The first-order valence-corrected chi connectivity index (χ1v) is 10.4. The topological polar surface area (TPSA) is 133 Å². The fourth-order valence-electron chi connectivity index (χ4n) is 3.65. The van der Waals surface area contributed by atoms with E-state index in [9.17, 15) is 22.0 Å². The molecule has 4 rings (SSSR count). The van der Waals surface area contributed by atoms with Crippen LogP contribution in [0, 0.1) is 11.6 Å². The van der Waals surface area contributed by atoms with Crippen molar-refractivity contribution in [3.63, 3.8) is 0 Å². The molecule has 1 atom stereocenters. The molecule has 4 N–H and O–H groups in total. The van der Waals surface area contributed by atoms with Crippen LogP contribution in [0.2, 0.25) is 0 Å². The molecular weight excluding hydrogens is 485 g/mol. The Hall–Kier alpha value is -4.49. The van der Waals surface area contributed by atoms with Crippen molar-refractivity contribution in [1.82, 2.24) is 24.5 Å². The summed E-state index contributed by atoms with van der Waals surface area (Å²) in [5.41, 5.74) is 6.96. The summed E-state index contributed by atoms with van der Waals surface area (Å²) < 4.78 is 67.9. The summed E-state index contributed by atoms with van der Waals surface area (Å²) in [7, 11) is 0. The molecule has 3 aromatic heterocycles. The predicted octanol–water partition coefficient (Wildman–Crippen LogP) is 4.44. The van der Waals surface area contributed by atoms with Crippen LogP contribution < -0.4 is 11.6 Å². The smallest absolute Gasteiger partial charge is 0.383 e. The van der Waals surface area contributed by atoms with E-state index in [1.807, 2.05) is 6.92 Å². The lowest BCUT2D eigenvalue weighted by Gasteiger charge is -2.17. The van der Waals surface area contributed by atoms with Gasteiger partial charge in [-0.05, 0) is 18.6 Å². The second-order valence-electron chi connectivity index (χ2n) is 7.53. The fourth-order valence-corrected chi connectivity index (χ4v) is 3.65. The molecule has 0 aliphatic carbocycles. The number of aromatic nitrogens is 5. The van der Waals surface area contributed by atoms with E-state index in [0.717, 1.165) is 30.6 Å². The molecule has 186 valence electrons. The molecule has 0 fully saturated rings. The molecule has 36 heavy (non-hydrogen) atoms. The number of hydrogen-bond acceptors (Lipinski definition) is 8. The number of nitrogens with zero attached hydrogens (tertiary/aromatic N) is 7. The van der Waals surface area contributed by atoms with E-state index in [4.69, 9.17) is 11.6 Å². The highest BCUT2D eigenvalue weighted by Crippen LogP contribution is 2.35. The zero-order valence-corrected chi connectivity index (χ0v) is 18.6. The van der Waals surface area contributed by atoms with Crippen molar-refractivity contribution in [3.8, 4) is 11.1 Å². The number of anilines is 1. The molecule has 0 aliphatic rings. The van der Waals surface area contributed by atoms with Gasteiger partial charge in [0.2, 0.25) is 5.82 Å². The van der Waals surface area contributed by atoms with Crippen LogP contribution in [0.5, 0.6) is 0 Å². The number of halogens is 5. The molecule has 0 saturated heterocycles. The number of hydrogen-bond donors (Lipinski definition) is 2. The van der Waals surface area contributed by atoms with Gasteiger partial charge >= 0.3 is 6.18 Å². The van der Waals surface area contributed by atoms with Crippen LogP contribution in [0.1, 0.15) is 25.2 Å². The maximum absolute atomic E-state index is 14.0. The SMILES string of the molecule is CCC(C(C=Nc1cc(F)ccc1F)=NN)n1cc(-c2cnc(C(F)(F)F)nc2)c2c(N)ncnc21. The average Bonchev–Trinajstić information content (AvgIpc) is 3.24. The first-order chi connectivity index (χ1) is 17.1. The Labute approximate surface area is 200 Å². The molecule has 9 nitrogen and oxygen atoms in total. The van der Waals surface area contributed by atoms with Gasteiger partial charge in [0.1, 0.15) is 40.8 Å². The van der Waals surface area contributed by atoms with Crippen molar-refractivity contribution < 1.29 is 22.0 Å². The van der Waals surface area contributed by atoms with Gasteiger partial charge in [-0.1, -0.05) is 6.92 Å². The quantitative estimate of drug-likeness (QED) is 0.173. The van der Waals surface area contributed by atoms with Crippen molar-refractivity contribution in [3.05, 3.63) is 60.6 Å². The molecule has 14 heteroatoms. The normalized spacial score (nSPS) is 13.6. The zero-order chi connectivity index (χ0) is 26.0. The van der Waals surface area contributed by atoms with Crippen LogP contribution in [0.15, 0.2) is 53.2 Å². The van der Waals surface area contributed by atoms with Crippen molar-refractivity contribution in [1.29, 1.82) is 0 Å². The number of benzene rings is 1. The van der Waals surface area contributed by atoms with E-state index in [0.29, 0.717) is 23.0 Å². The van der Waals surface area contributed by atoms with Crippen molar-refractivity contribution in [2.75, 3.05) is 5.73 Å².